The summed E-state index contributed by atoms with van der Waals surface area (Å²) in [6.45, 7) is 11.3. The first-order valence-corrected chi connectivity index (χ1v) is 8.65. The highest BCUT2D eigenvalue weighted by atomic mass is 32.2. The van der Waals surface area contributed by atoms with Gasteiger partial charge in [-0.1, -0.05) is 39.8 Å². The van der Waals surface area contributed by atoms with Gasteiger partial charge in [0.05, 0.1) is 5.75 Å². The van der Waals surface area contributed by atoms with Gasteiger partial charge in [-0.25, -0.2) is 0 Å². The molecule has 2 N–H and O–H groups in total. The minimum absolute atomic E-state index is 0.108. The van der Waals surface area contributed by atoms with E-state index in [4.69, 9.17) is 0 Å². The van der Waals surface area contributed by atoms with Crippen LogP contribution in [0.25, 0.3) is 0 Å². The second-order valence-electron chi connectivity index (χ2n) is 6.16. The van der Waals surface area contributed by atoms with Crippen LogP contribution in [0.3, 0.4) is 0 Å². The van der Waals surface area contributed by atoms with Gasteiger partial charge in [0.15, 0.2) is 0 Å². The van der Waals surface area contributed by atoms with E-state index < -0.39 is 0 Å². The van der Waals surface area contributed by atoms with E-state index in [1.165, 1.54) is 5.56 Å². The molecule has 0 aromatic heterocycles. The smallest absolute Gasteiger partial charge is 0.230 e. The maximum atomic E-state index is 11.7. The number of rotatable bonds is 9. The van der Waals surface area contributed by atoms with Gasteiger partial charge in [-0.05, 0) is 36.1 Å². The summed E-state index contributed by atoms with van der Waals surface area (Å²) in [5, 5.41) is 6.38. The van der Waals surface area contributed by atoms with E-state index in [-0.39, 0.29) is 5.91 Å². The number of carbonyl (C=O) groups excluding carboxylic acids is 1. The third-order valence-electron chi connectivity index (χ3n) is 2.86. The van der Waals surface area contributed by atoms with Crippen LogP contribution in [0.15, 0.2) is 29.2 Å². The Morgan fingerprint density at radius 3 is 2.52 bits per heavy atom. The molecule has 4 heteroatoms. The second-order valence-corrected chi connectivity index (χ2v) is 7.21. The van der Waals surface area contributed by atoms with Crippen molar-refractivity contribution in [2.45, 2.75) is 39.1 Å². The molecule has 0 unspecified atom stereocenters. The van der Waals surface area contributed by atoms with Crippen LogP contribution < -0.4 is 10.6 Å². The van der Waals surface area contributed by atoms with Crippen molar-refractivity contribution in [2.75, 3.05) is 18.8 Å². The highest BCUT2D eigenvalue weighted by Crippen LogP contribution is 2.19. The summed E-state index contributed by atoms with van der Waals surface area (Å²) >= 11 is 1.59. The maximum Gasteiger partial charge on any atom is 0.230 e. The number of carbonyl (C=O) groups is 1. The normalized spacial score (nSPS) is 11.1. The number of thioether (sulfide) groups is 1. The van der Waals surface area contributed by atoms with E-state index in [1.54, 1.807) is 11.8 Å². The Kier molecular flexibility index (Phi) is 8.47. The van der Waals surface area contributed by atoms with Gasteiger partial charge in [0.25, 0.3) is 0 Å². The molecule has 1 aromatic rings. The Morgan fingerprint density at radius 2 is 1.86 bits per heavy atom. The van der Waals surface area contributed by atoms with Gasteiger partial charge in [-0.2, -0.15) is 0 Å². The zero-order valence-electron chi connectivity index (χ0n) is 13.6. The fraction of sp³-hybridized carbons (Fsp3) is 0.588. The lowest BCUT2D eigenvalue weighted by Crippen LogP contribution is -2.28. The number of hydrogen-bond acceptors (Lipinski definition) is 3. The zero-order valence-corrected chi connectivity index (χ0v) is 14.4. The minimum Gasteiger partial charge on any atom is -0.355 e. The molecule has 1 rings (SSSR count). The van der Waals surface area contributed by atoms with Gasteiger partial charge in [-0.3, -0.25) is 4.79 Å². The van der Waals surface area contributed by atoms with E-state index in [2.05, 4.69) is 62.6 Å². The van der Waals surface area contributed by atoms with Crippen molar-refractivity contribution in [3.63, 3.8) is 0 Å². The Balaban J connectivity index is 2.36. The van der Waals surface area contributed by atoms with Crippen molar-refractivity contribution in [3.05, 3.63) is 29.8 Å². The van der Waals surface area contributed by atoms with Crippen molar-refractivity contribution in [3.8, 4) is 0 Å². The van der Waals surface area contributed by atoms with Crippen LogP contribution in [0.1, 0.15) is 33.3 Å². The molecule has 118 valence electrons. The summed E-state index contributed by atoms with van der Waals surface area (Å²) in [4.78, 5) is 12.9. The fourth-order valence-corrected chi connectivity index (χ4v) is 2.58. The molecular formula is C17H28N2OS. The molecule has 0 aliphatic heterocycles. The van der Waals surface area contributed by atoms with E-state index >= 15 is 0 Å². The Hall–Kier alpha value is -1.00. The average Bonchev–Trinajstić information content (AvgIpc) is 2.43. The molecule has 1 aromatic carbocycles. The minimum atomic E-state index is 0.108. The van der Waals surface area contributed by atoms with E-state index in [0.29, 0.717) is 17.6 Å². The van der Waals surface area contributed by atoms with Crippen molar-refractivity contribution in [1.29, 1.82) is 0 Å². The molecule has 0 radical (unpaired) electrons. The molecule has 0 atom stereocenters. The molecule has 0 spiro atoms. The molecular weight excluding hydrogens is 280 g/mol. The second kappa shape index (κ2) is 9.85. The number of amides is 1. The van der Waals surface area contributed by atoms with Crippen molar-refractivity contribution in [2.24, 2.45) is 11.8 Å². The first-order chi connectivity index (χ1) is 9.97. The molecule has 0 saturated carbocycles. The molecule has 1 amide bonds. The van der Waals surface area contributed by atoms with Crippen LogP contribution in [-0.2, 0) is 11.3 Å². The van der Waals surface area contributed by atoms with E-state index in [9.17, 15) is 4.79 Å². The summed E-state index contributed by atoms with van der Waals surface area (Å²) in [5.41, 5.74) is 1.27. The van der Waals surface area contributed by atoms with Gasteiger partial charge < -0.3 is 10.6 Å². The lowest BCUT2D eigenvalue weighted by atomic mass is 10.2. The monoisotopic (exact) mass is 308 g/mol. The SMILES string of the molecule is CC(C)CNCc1cccc(SCC(=O)NCC(C)C)c1. The first kappa shape index (κ1) is 18.1. The van der Waals surface area contributed by atoms with Gasteiger partial charge >= 0.3 is 0 Å². The maximum absolute atomic E-state index is 11.7. The van der Waals surface area contributed by atoms with Gasteiger partial charge in [0.1, 0.15) is 0 Å². The highest BCUT2D eigenvalue weighted by Gasteiger charge is 2.04. The van der Waals surface area contributed by atoms with Crippen LogP contribution in [-0.4, -0.2) is 24.7 Å². The van der Waals surface area contributed by atoms with Crippen LogP contribution in [0, 0.1) is 11.8 Å². The third kappa shape index (κ3) is 8.79. The molecule has 0 bridgehead atoms. The van der Waals surface area contributed by atoms with E-state index in [1.807, 2.05) is 0 Å². The average molecular weight is 308 g/mol. The lowest BCUT2D eigenvalue weighted by molar-refractivity contribution is -0.118. The summed E-state index contributed by atoms with van der Waals surface area (Å²) < 4.78 is 0. The molecule has 0 saturated heterocycles. The Labute approximate surface area is 133 Å². The van der Waals surface area contributed by atoms with Crippen LogP contribution in [0.5, 0.6) is 0 Å². The summed E-state index contributed by atoms with van der Waals surface area (Å²) in [6.07, 6.45) is 0. The number of hydrogen-bond donors (Lipinski definition) is 2. The largest absolute Gasteiger partial charge is 0.355 e. The summed E-state index contributed by atoms with van der Waals surface area (Å²) in [5.74, 6) is 1.74. The Morgan fingerprint density at radius 1 is 1.14 bits per heavy atom. The predicted molar refractivity (Wildman–Crippen MR) is 91.6 cm³/mol. The first-order valence-electron chi connectivity index (χ1n) is 7.66. The van der Waals surface area contributed by atoms with Gasteiger partial charge in [0, 0.05) is 18.0 Å². The Bertz CT molecular complexity index is 433. The summed E-state index contributed by atoms with van der Waals surface area (Å²) in [7, 11) is 0. The quantitative estimate of drug-likeness (QED) is 0.688. The van der Waals surface area contributed by atoms with E-state index in [0.717, 1.165) is 24.5 Å². The van der Waals surface area contributed by atoms with Crippen LogP contribution in [0.2, 0.25) is 0 Å². The molecule has 0 aliphatic rings. The van der Waals surface area contributed by atoms with Crippen molar-refractivity contribution in [1.82, 2.24) is 10.6 Å². The topological polar surface area (TPSA) is 41.1 Å². The summed E-state index contributed by atoms with van der Waals surface area (Å²) in [6, 6.07) is 8.40. The zero-order chi connectivity index (χ0) is 15.7. The van der Waals surface area contributed by atoms with Crippen LogP contribution >= 0.6 is 11.8 Å². The third-order valence-corrected chi connectivity index (χ3v) is 3.85. The predicted octanol–water partition coefficient (Wildman–Crippen LogP) is 3.30. The molecule has 0 fully saturated rings. The number of nitrogens with one attached hydrogen (secondary N) is 2. The number of benzene rings is 1. The molecule has 3 nitrogen and oxygen atoms in total. The fourth-order valence-electron chi connectivity index (χ4n) is 1.77. The van der Waals surface area contributed by atoms with Gasteiger partial charge in [0.2, 0.25) is 5.91 Å². The lowest BCUT2D eigenvalue weighted by Gasteiger charge is -2.09. The highest BCUT2D eigenvalue weighted by molar-refractivity contribution is 8.00. The van der Waals surface area contributed by atoms with Crippen molar-refractivity contribution < 1.29 is 4.79 Å². The van der Waals surface area contributed by atoms with Gasteiger partial charge in [-0.15, -0.1) is 11.8 Å². The molecule has 0 heterocycles. The molecule has 0 aliphatic carbocycles. The molecule has 21 heavy (non-hydrogen) atoms. The standard InChI is InChI=1S/C17H28N2OS/c1-13(2)9-18-11-15-6-5-7-16(8-15)21-12-17(20)19-10-14(3)4/h5-8,13-14,18H,9-12H2,1-4H3,(H,19,20). The van der Waals surface area contributed by atoms with Crippen LogP contribution in [0.4, 0.5) is 0 Å². The van der Waals surface area contributed by atoms with Crippen molar-refractivity contribution >= 4 is 17.7 Å².